The maximum atomic E-state index is 14.0. The van der Waals surface area contributed by atoms with Crippen LogP contribution in [0.5, 0.6) is 5.75 Å². The number of benzene rings is 2. The van der Waals surface area contributed by atoms with E-state index in [1.165, 1.54) is 0 Å². The fourth-order valence-corrected chi connectivity index (χ4v) is 2.22. The molecule has 1 amide bonds. The summed E-state index contributed by atoms with van der Waals surface area (Å²) in [7, 11) is 0. The lowest BCUT2D eigenvalue weighted by Crippen LogP contribution is -2.25. The van der Waals surface area contributed by atoms with Crippen molar-refractivity contribution in [1.82, 2.24) is 5.32 Å². The minimum atomic E-state index is -0.502. The Labute approximate surface area is 122 Å². The average molecular weight is 285 g/mol. The van der Waals surface area contributed by atoms with Crippen LogP contribution in [-0.2, 0) is 0 Å². The van der Waals surface area contributed by atoms with E-state index in [-0.39, 0.29) is 17.7 Å². The molecular weight excluding hydrogens is 269 g/mol. The summed E-state index contributed by atoms with van der Waals surface area (Å²) < 4.78 is 14.0. The first-order valence-corrected chi connectivity index (χ1v) is 6.95. The van der Waals surface area contributed by atoms with Crippen LogP contribution < -0.4 is 5.32 Å². The van der Waals surface area contributed by atoms with Gasteiger partial charge in [-0.05, 0) is 49.1 Å². The Hall–Kier alpha value is -2.36. The van der Waals surface area contributed by atoms with E-state index in [2.05, 4.69) is 5.32 Å². The smallest absolute Gasteiger partial charge is 0.251 e. The highest BCUT2D eigenvalue weighted by atomic mass is 19.1. The number of halogens is 1. The number of phenols is 1. The third-order valence-electron chi connectivity index (χ3n) is 3.63. The second-order valence-electron chi connectivity index (χ2n) is 5.45. The number of rotatable bonds is 3. The van der Waals surface area contributed by atoms with Gasteiger partial charge in [0.05, 0.1) is 0 Å². The van der Waals surface area contributed by atoms with Crippen molar-refractivity contribution in [3.05, 3.63) is 53.3 Å². The van der Waals surface area contributed by atoms with E-state index >= 15 is 0 Å². The van der Waals surface area contributed by atoms with E-state index in [1.54, 1.807) is 37.3 Å². The standard InChI is InChI=1S/C17H16FNO2/c1-10-7-14(15(18)9-16(10)20)11-3-2-4-12(8-11)17(21)19-13-5-6-13/h2-4,7-9,13,20H,5-6H2,1H3,(H,19,21). The summed E-state index contributed by atoms with van der Waals surface area (Å²) in [6.07, 6.45) is 2.05. The Morgan fingerprint density at radius 1 is 1.29 bits per heavy atom. The molecule has 4 heteroatoms. The Bertz CT molecular complexity index is 708. The molecule has 0 spiro atoms. The number of phenolic OH excluding ortho intramolecular Hbond substituents is 1. The van der Waals surface area contributed by atoms with Gasteiger partial charge in [0, 0.05) is 23.2 Å². The molecule has 1 aliphatic carbocycles. The predicted octanol–water partition coefficient (Wildman–Crippen LogP) is 3.40. The number of aromatic hydroxyl groups is 1. The number of hydrogen-bond acceptors (Lipinski definition) is 2. The third kappa shape index (κ3) is 2.89. The summed E-state index contributed by atoms with van der Waals surface area (Å²) in [5.74, 6) is -0.702. The first-order valence-electron chi connectivity index (χ1n) is 6.95. The summed E-state index contributed by atoms with van der Waals surface area (Å²) in [5.41, 5.74) is 2.12. The van der Waals surface area contributed by atoms with Crippen LogP contribution in [0.15, 0.2) is 36.4 Å². The molecule has 2 aromatic carbocycles. The highest BCUT2D eigenvalue weighted by Crippen LogP contribution is 2.29. The molecule has 0 heterocycles. The zero-order valence-corrected chi connectivity index (χ0v) is 11.7. The van der Waals surface area contributed by atoms with Crippen molar-refractivity contribution in [2.24, 2.45) is 0 Å². The first kappa shape index (κ1) is 13.6. The third-order valence-corrected chi connectivity index (χ3v) is 3.63. The monoisotopic (exact) mass is 285 g/mol. The van der Waals surface area contributed by atoms with Gasteiger partial charge in [-0.3, -0.25) is 4.79 Å². The van der Waals surface area contributed by atoms with Gasteiger partial charge in [0.2, 0.25) is 0 Å². The fraction of sp³-hybridized carbons (Fsp3) is 0.235. The predicted molar refractivity (Wildman–Crippen MR) is 78.7 cm³/mol. The summed E-state index contributed by atoms with van der Waals surface area (Å²) >= 11 is 0. The number of hydrogen-bond donors (Lipinski definition) is 2. The normalized spacial score (nSPS) is 14.0. The summed E-state index contributed by atoms with van der Waals surface area (Å²) in [5, 5.41) is 12.4. The van der Waals surface area contributed by atoms with Gasteiger partial charge >= 0.3 is 0 Å². The lowest BCUT2D eigenvalue weighted by Gasteiger charge is -2.09. The second-order valence-corrected chi connectivity index (χ2v) is 5.45. The molecule has 0 radical (unpaired) electrons. The van der Waals surface area contributed by atoms with Gasteiger partial charge in [-0.1, -0.05) is 12.1 Å². The lowest BCUT2D eigenvalue weighted by molar-refractivity contribution is 0.0951. The quantitative estimate of drug-likeness (QED) is 0.908. The highest BCUT2D eigenvalue weighted by Gasteiger charge is 2.23. The van der Waals surface area contributed by atoms with Crippen molar-refractivity contribution in [3.63, 3.8) is 0 Å². The van der Waals surface area contributed by atoms with Crippen LogP contribution >= 0.6 is 0 Å². The van der Waals surface area contributed by atoms with Crippen LogP contribution in [0.2, 0.25) is 0 Å². The van der Waals surface area contributed by atoms with E-state index in [1.807, 2.05) is 0 Å². The number of aryl methyl sites for hydroxylation is 1. The lowest BCUT2D eigenvalue weighted by atomic mass is 10.00. The molecule has 0 unspecified atom stereocenters. The van der Waals surface area contributed by atoms with Gasteiger partial charge < -0.3 is 10.4 Å². The van der Waals surface area contributed by atoms with E-state index in [9.17, 15) is 14.3 Å². The molecule has 1 saturated carbocycles. The Balaban J connectivity index is 1.95. The zero-order chi connectivity index (χ0) is 15.0. The van der Waals surface area contributed by atoms with Crippen LogP contribution in [0.3, 0.4) is 0 Å². The molecule has 0 aromatic heterocycles. The van der Waals surface area contributed by atoms with E-state index in [0.29, 0.717) is 22.3 Å². The molecule has 0 bridgehead atoms. The van der Waals surface area contributed by atoms with Gasteiger partial charge in [-0.25, -0.2) is 4.39 Å². The van der Waals surface area contributed by atoms with Crippen LogP contribution in [0, 0.1) is 12.7 Å². The van der Waals surface area contributed by atoms with Crippen LogP contribution in [-0.4, -0.2) is 17.1 Å². The van der Waals surface area contributed by atoms with Crippen molar-refractivity contribution in [1.29, 1.82) is 0 Å². The number of amides is 1. The summed E-state index contributed by atoms with van der Waals surface area (Å²) in [6, 6.07) is 9.85. The van der Waals surface area contributed by atoms with Gasteiger partial charge in [-0.15, -0.1) is 0 Å². The van der Waals surface area contributed by atoms with Gasteiger partial charge in [-0.2, -0.15) is 0 Å². The minimum absolute atomic E-state index is 0.0705. The summed E-state index contributed by atoms with van der Waals surface area (Å²) in [4.78, 5) is 12.0. The van der Waals surface area contributed by atoms with Gasteiger partial charge in [0.1, 0.15) is 11.6 Å². The van der Waals surface area contributed by atoms with Crippen LogP contribution in [0.4, 0.5) is 4.39 Å². The molecule has 3 nitrogen and oxygen atoms in total. The Morgan fingerprint density at radius 2 is 2.05 bits per heavy atom. The van der Waals surface area contributed by atoms with Crippen molar-refractivity contribution < 1.29 is 14.3 Å². The Morgan fingerprint density at radius 3 is 2.76 bits per heavy atom. The number of nitrogens with one attached hydrogen (secondary N) is 1. The average Bonchev–Trinajstić information content (AvgIpc) is 3.27. The van der Waals surface area contributed by atoms with Crippen molar-refractivity contribution in [3.8, 4) is 16.9 Å². The second kappa shape index (κ2) is 5.20. The summed E-state index contributed by atoms with van der Waals surface area (Å²) in [6.45, 7) is 1.71. The molecule has 21 heavy (non-hydrogen) atoms. The van der Waals surface area contributed by atoms with Crippen molar-refractivity contribution >= 4 is 5.91 Å². The topological polar surface area (TPSA) is 49.3 Å². The molecule has 2 aromatic rings. The molecule has 2 N–H and O–H groups in total. The molecular formula is C17H16FNO2. The number of carbonyl (C=O) groups excluding carboxylic acids is 1. The van der Waals surface area contributed by atoms with Crippen molar-refractivity contribution in [2.75, 3.05) is 0 Å². The molecule has 1 aliphatic rings. The van der Waals surface area contributed by atoms with Crippen LogP contribution in [0.25, 0.3) is 11.1 Å². The first-order chi connectivity index (χ1) is 10.0. The fourth-order valence-electron chi connectivity index (χ4n) is 2.22. The van der Waals surface area contributed by atoms with E-state index in [4.69, 9.17) is 0 Å². The largest absolute Gasteiger partial charge is 0.508 e. The SMILES string of the molecule is Cc1cc(-c2cccc(C(=O)NC3CC3)c2)c(F)cc1O. The maximum Gasteiger partial charge on any atom is 0.251 e. The minimum Gasteiger partial charge on any atom is -0.508 e. The van der Waals surface area contributed by atoms with Crippen LogP contribution in [0.1, 0.15) is 28.8 Å². The van der Waals surface area contributed by atoms with E-state index < -0.39 is 5.82 Å². The molecule has 0 aliphatic heterocycles. The maximum absolute atomic E-state index is 14.0. The highest BCUT2D eigenvalue weighted by molar-refractivity contribution is 5.95. The van der Waals surface area contributed by atoms with Crippen molar-refractivity contribution in [2.45, 2.75) is 25.8 Å². The molecule has 108 valence electrons. The van der Waals surface area contributed by atoms with E-state index in [0.717, 1.165) is 18.9 Å². The van der Waals surface area contributed by atoms with Gasteiger partial charge in [0.15, 0.2) is 0 Å². The zero-order valence-electron chi connectivity index (χ0n) is 11.7. The Kier molecular flexibility index (Phi) is 3.37. The van der Waals surface area contributed by atoms with Gasteiger partial charge in [0.25, 0.3) is 5.91 Å². The molecule has 1 fully saturated rings. The molecule has 0 atom stereocenters. The molecule has 3 rings (SSSR count). The number of carbonyl (C=O) groups is 1. The molecule has 0 saturated heterocycles.